The summed E-state index contributed by atoms with van der Waals surface area (Å²) >= 11 is 7.10. The molecule has 0 radical (unpaired) electrons. The minimum Gasteiger partial charge on any atom is -0.478 e. The Balaban J connectivity index is 1.84. The summed E-state index contributed by atoms with van der Waals surface area (Å²) in [5.41, 5.74) is -0.345. The van der Waals surface area contributed by atoms with Gasteiger partial charge in [-0.2, -0.15) is 13.2 Å². The van der Waals surface area contributed by atoms with Crippen LogP contribution in [0.5, 0.6) is 0 Å². The number of rotatable bonds is 6. The van der Waals surface area contributed by atoms with Crippen LogP contribution < -0.4 is 0 Å². The summed E-state index contributed by atoms with van der Waals surface area (Å²) in [6.45, 7) is 0. The number of carboxylic acid groups (broad SMARTS) is 1. The third kappa shape index (κ3) is 4.69. The molecule has 1 heterocycles. The predicted octanol–water partition coefficient (Wildman–Crippen LogP) is 6.64. The average Bonchev–Trinajstić information content (AvgIpc) is 3.47. The molecule has 1 N–H and O–H groups in total. The molecule has 0 amide bonds. The maximum absolute atomic E-state index is 13.4. The highest BCUT2D eigenvalue weighted by Crippen LogP contribution is 2.44. The van der Waals surface area contributed by atoms with Crippen LogP contribution in [0, 0.1) is 0 Å². The van der Waals surface area contributed by atoms with Gasteiger partial charge < -0.3 is 5.11 Å². The number of hydrogen-bond acceptors (Lipinski definition) is 4. The Morgan fingerprint density at radius 2 is 1.81 bits per heavy atom. The topological polar surface area (TPSA) is 71.4 Å². The molecule has 4 rings (SSSR count). The smallest absolute Gasteiger partial charge is 0.416 e. The molecule has 4 nitrogen and oxygen atoms in total. The summed E-state index contributed by atoms with van der Waals surface area (Å²) in [4.78, 5) is 11.8. The molecule has 3 aromatic rings. The van der Waals surface area contributed by atoms with Crippen LogP contribution in [0.3, 0.4) is 0 Å². The van der Waals surface area contributed by atoms with Gasteiger partial charge in [0.2, 0.25) is 0 Å². The minimum absolute atomic E-state index is 0.000276. The van der Waals surface area contributed by atoms with Crippen molar-refractivity contribution < 1.29 is 31.5 Å². The lowest BCUT2D eigenvalue weighted by atomic mass is 10.0. The zero-order valence-electron chi connectivity index (χ0n) is 16.3. The molecule has 0 atom stereocenters. The molecule has 10 heteroatoms. The van der Waals surface area contributed by atoms with Crippen molar-refractivity contribution in [2.45, 2.75) is 35.6 Å². The molecule has 1 aliphatic rings. The van der Waals surface area contributed by atoms with Crippen LogP contribution in [0.25, 0.3) is 10.4 Å². The number of benzene rings is 2. The summed E-state index contributed by atoms with van der Waals surface area (Å²) in [6, 6.07) is 10.1. The van der Waals surface area contributed by atoms with E-state index in [-0.39, 0.29) is 21.9 Å². The molecule has 2 aromatic carbocycles. The molecule has 1 fully saturated rings. The molecule has 168 valence electrons. The van der Waals surface area contributed by atoms with Gasteiger partial charge in [0.15, 0.2) is 9.84 Å². The zero-order valence-corrected chi connectivity index (χ0v) is 18.7. The van der Waals surface area contributed by atoms with Crippen molar-refractivity contribution in [1.82, 2.24) is 0 Å². The van der Waals surface area contributed by atoms with E-state index >= 15 is 0 Å². The highest BCUT2D eigenvalue weighted by Gasteiger charge is 2.34. The van der Waals surface area contributed by atoms with Crippen molar-refractivity contribution in [3.8, 4) is 10.4 Å². The van der Waals surface area contributed by atoms with Crippen molar-refractivity contribution in [3.05, 3.63) is 75.1 Å². The molecule has 0 spiro atoms. The first kappa shape index (κ1) is 22.8. The van der Waals surface area contributed by atoms with Gasteiger partial charge in [0.05, 0.1) is 26.1 Å². The highest BCUT2D eigenvalue weighted by atomic mass is 35.5. The van der Waals surface area contributed by atoms with Crippen molar-refractivity contribution >= 4 is 38.7 Å². The van der Waals surface area contributed by atoms with Gasteiger partial charge in [0.25, 0.3) is 0 Å². The first-order valence-electron chi connectivity index (χ1n) is 9.51. The standard InChI is InChI=1S/C22H16ClF3O4S2/c23-20-8-7-18(31-20)16-6-4-15(22(24,25)26)9-14(16)11-32(29,30)19-10-13(21(27)28)3-5-17(19)12-1-2-12/h3-10,12H,1-2,11H2,(H,27,28). The normalized spacial score (nSPS) is 14.5. The van der Waals surface area contributed by atoms with E-state index in [4.69, 9.17) is 11.6 Å². The lowest BCUT2D eigenvalue weighted by molar-refractivity contribution is -0.137. The summed E-state index contributed by atoms with van der Waals surface area (Å²) in [7, 11) is -4.15. The minimum atomic E-state index is -4.65. The van der Waals surface area contributed by atoms with E-state index in [0.717, 1.165) is 42.4 Å². The van der Waals surface area contributed by atoms with E-state index in [1.54, 1.807) is 12.1 Å². The lowest BCUT2D eigenvalue weighted by Gasteiger charge is -2.15. The molecule has 1 saturated carbocycles. The molecular weight excluding hydrogens is 485 g/mol. The van der Waals surface area contributed by atoms with Gasteiger partial charge in [0.1, 0.15) is 0 Å². The monoisotopic (exact) mass is 500 g/mol. The van der Waals surface area contributed by atoms with Crippen LogP contribution in [-0.2, 0) is 21.8 Å². The number of carbonyl (C=O) groups is 1. The number of alkyl halides is 3. The second-order valence-corrected chi connectivity index (χ2v) is 11.2. The van der Waals surface area contributed by atoms with Gasteiger partial charge in [-0.1, -0.05) is 23.7 Å². The number of halogens is 4. The molecule has 1 aromatic heterocycles. The van der Waals surface area contributed by atoms with Gasteiger partial charge in [-0.15, -0.1) is 11.3 Å². The van der Waals surface area contributed by atoms with Crippen LogP contribution in [0.4, 0.5) is 13.2 Å². The summed E-state index contributed by atoms with van der Waals surface area (Å²) in [6.07, 6.45) is -3.10. The van der Waals surface area contributed by atoms with Gasteiger partial charge in [-0.05, 0) is 71.8 Å². The number of sulfone groups is 1. The largest absolute Gasteiger partial charge is 0.478 e. The summed E-state index contributed by atoms with van der Waals surface area (Å²) in [5, 5.41) is 9.30. The van der Waals surface area contributed by atoms with Crippen LogP contribution in [0.2, 0.25) is 4.34 Å². The van der Waals surface area contributed by atoms with E-state index in [9.17, 15) is 31.5 Å². The van der Waals surface area contributed by atoms with Gasteiger partial charge in [-0.25, -0.2) is 13.2 Å². The average molecular weight is 501 g/mol. The molecule has 0 aliphatic heterocycles. The fourth-order valence-corrected chi connectivity index (χ4v) is 6.35. The first-order valence-corrected chi connectivity index (χ1v) is 12.4. The SMILES string of the molecule is O=C(O)c1ccc(C2CC2)c(S(=O)(=O)Cc2cc(C(F)(F)F)ccc2-c2ccc(Cl)s2)c1. The fraction of sp³-hybridized carbons (Fsp3) is 0.227. The van der Waals surface area contributed by atoms with Crippen LogP contribution >= 0.6 is 22.9 Å². The Kier molecular flexibility index (Phi) is 5.85. The first-order chi connectivity index (χ1) is 15.0. The molecule has 1 aliphatic carbocycles. The molecule has 32 heavy (non-hydrogen) atoms. The van der Waals surface area contributed by atoms with Crippen LogP contribution in [-0.4, -0.2) is 19.5 Å². The fourth-order valence-electron chi connectivity index (χ4n) is 3.54. The Hall–Kier alpha value is -2.36. The summed E-state index contributed by atoms with van der Waals surface area (Å²) in [5.74, 6) is -1.98. The van der Waals surface area contributed by atoms with Crippen LogP contribution in [0.1, 0.15) is 45.8 Å². The summed E-state index contributed by atoms with van der Waals surface area (Å²) < 4.78 is 67.2. The maximum Gasteiger partial charge on any atom is 0.416 e. The van der Waals surface area contributed by atoms with Crippen molar-refractivity contribution in [3.63, 3.8) is 0 Å². The number of thiophene rings is 1. The Bertz CT molecular complexity index is 1310. The predicted molar refractivity (Wildman–Crippen MR) is 116 cm³/mol. The lowest BCUT2D eigenvalue weighted by Crippen LogP contribution is -2.12. The van der Waals surface area contributed by atoms with Crippen molar-refractivity contribution in [2.75, 3.05) is 0 Å². The van der Waals surface area contributed by atoms with E-state index in [1.807, 2.05) is 0 Å². The molecule has 0 saturated heterocycles. The highest BCUT2D eigenvalue weighted by molar-refractivity contribution is 7.90. The third-order valence-corrected chi connectivity index (χ3v) is 8.21. The Morgan fingerprint density at radius 3 is 2.38 bits per heavy atom. The van der Waals surface area contributed by atoms with E-state index < -0.39 is 33.3 Å². The molecule has 0 unspecified atom stereocenters. The maximum atomic E-state index is 13.4. The van der Waals surface area contributed by atoms with Gasteiger partial charge in [-0.3, -0.25) is 0 Å². The van der Waals surface area contributed by atoms with E-state index in [2.05, 4.69) is 0 Å². The number of carboxylic acids is 1. The molecular formula is C22H16ClF3O4S2. The van der Waals surface area contributed by atoms with E-state index in [1.165, 1.54) is 18.2 Å². The van der Waals surface area contributed by atoms with Gasteiger partial charge >= 0.3 is 12.1 Å². The quantitative estimate of drug-likeness (QED) is 0.412. The van der Waals surface area contributed by atoms with Crippen LogP contribution in [0.15, 0.2) is 53.4 Å². The van der Waals surface area contributed by atoms with Crippen molar-refractivity contribution in [2.24, 2.45) is 0 Å². The number of aromatic carboxylic acids is 1. The van der Waals surface area contributed by atoms with Crippen molar-refractivity contribution in [1.29, 1.82) is 0 Å². The van der Waals surface area contributed by atoms with E-state index in [0.29, 0.717) is 20.3 Å². The molecule has 0 bridgehead atoms. The Labute approximate surface area is 191 Å². The Morgan fingerprint density at radius 1 is 1.09 bits per heavy atom. The zero-order chi connectivity index (χ0) is 23.3. The number of hydrogen-bond donors (Lipinski definition) is 1. The third-order valence-electron chi connectivity index (χ3n) is 5.23. The second-order valence-electron chi connectivity index (χ2n) is 7.56. The van der Waals surface area contributed by atoms with Gasteiger partial charge in [0, 0.05) is 4.88 Å². The second kappa shape index (κ2) is 8.20.